The number of urea groups is 1. The van der Waals surface area contributed by atoms with E-state index in [2.05, 4.69) is 24.5 Å². The van der Waals surface area contributed by atoms with Gasteiger partial charge < -0.3 is 15.4 Å². The second kappa shape index (κ2) is 4.84. The van der Waals surface area contributed by atoms with Crippen LogP contribution in [0.15, 0.2) is 0 Å². The van der Waals surface area contributed by atoms with Crippen LogP contribution in [0.25, 0.3) is 0 Å². The summed E-state index contributed by atoms with van der Waals surface area (Å²) in [5.74, 6) is 0. The summed E-state index contributed by atoms with van der Waals surface area (Å²) >= 11 is 0. The van der Waals surface area contributed by atoms with Crippen LogP contribution in [0.2, 0.25) is 0 Å². The summed E-state index contributed by atoms with van der Waals surface area (Å²) in [5.41, 5.74) is -0.178. The normalized spacial score (nSPS) is 27.2. The van der Waals surface area contributed by atoms with Crippen molar-refractivity contribution in [2.45, 2.75) is 65.6 Å². The van der Waals surface area contributed by atoms with Crippen molar-refractivity contribution in [2.75, 3.05) is 6.61 Å². The fourth-order valence-corrected chi connectivity index (χ4v) is 2.15. The van der Waals surface area contributed by atoms with Gasteiger partial charge in [0.15, 0.2) is 0 Å². The molecule has 2 amide bonds. The predicted octanol–water partition coefficient (Wildman–Crippen LogP) is 2.29. The highest BCUT2D eigenvalue weighted by Crippen LogP contribution is 2.42. The number of ether oxygens (including phenoxy) is 1. The Bertz CT molecular complexity index is 282. The van der Waals surface area contributed by atoms with Crippen LogP contribution >= 0.6 is 0 Å². The van der Waals surface area contributed by atoms with Gasteiger partial charge in [0.2, 0.25) is 0 Å². The summed E-state index contributed by atoms with van der Waals surface area (Å²) in [5, 5.41) is 5.93. The molecular formula is C13H26N2O2. The summed E-state index contributed by atoms with van der Waals surface area (Å²) in [6.45, 7) is 12.9. The Labute approximate surface area is 104 Å². The average molecular weight is 242 g/mol. The monoisotopic (exact) mass is 242 g/mol. The first-order valence-electron chi connectivity index (χ1n) is 6.37. The first kappa shape index (κ1) is 14.3. The molecule has 0 bridgehead atoms. The van der Waals surface area contributed by atoms with Crippen LogP contribution in [-0.2, 0) is 4.74 Å². The zero-order chi connectivity index (χ0) is 13.3. The molecule has 0 aromatic heterocycles. The smallest absolute Gasteiger partial charge is 0.315 e. The quantitative estimate of drug-likeness (QED) is 0.797. The second-order valence-electron chi connectivity index (χ2n) is 6.40. The van der Waals surface area contributed by atoms with E-state index in [9.17, 15) is 4.79 Å². The topological polar surface area (TPSA) is 50.4 Å². The number of carbonyl (C=O) groups excluding carboxylic acids is 1. The van der Waals surface area contributed by atoms with E-state index in [4.69, 9.17) is 4.74 Å². The number of hydrogen-bond acceptors (Lipinski definition) is 2. The molecule has 1 saturated carbocycles. The molecule has 1 rings (SSSR count). The van der Waals surface area contributed by atoms with E-state index in [0.717, 1.165) is 13.0 Å². The van der Waals surface area contributed by atoms with Gasteiger partial charge >= 0.3 is 6.03 Å². The van der Waals surface area contributed by atoms with Crippen LogP contribution in [0.5, 0.6) is 0 Å². The van der Waals surface area contributed by atoms with Crippen LogP contribution in [0.4, 0.5) is 4.79 Å². The summed E-state index contributed by atoms with van der Waals surface area (Å²) < 4.78 is 5.63. The first-order chi connectivity index (χ1) is 7.66. The number of amides is 2. The lowest BCUT2D eigenvalue weighted by molar-refractivity contribution is -0.110. The third-order valence-corrected chi connectivity index (χ3v) is 3.34. The summed E-state index contributed by atoms with van der Waals surface area (Å²) in [6, 6.07) is 0.104. The maximum absolute atomic E-state index is 11.8. The standard InChI is InChI=1S/C13H26N2O2/c1-7-17-10-8-9(13(10,5)6)14-11(16)15-12(2,3)4/h9-10H,7-8H2,1-6H3,(H2,14,15,16). The lowest BCUT2D eigenvalue weighted by Gasteiger charge is -2.51. The maximum Gasteiger partial charge on any atom is 0.315 e. The van der Waals surface area contributed by atoms with Crippen molar-refractivity contribution < 1.29 is 9.53 Å². The molecule has 2 unspecified atom stereocenters. The number of rotatable bonds is 3. The molecule has 100 valence electrons. The first-order valence-corrected chi connectivity index (χ1v) is 6.37. The third-order valence-electron chi connectivity index (χ3n) is 3.34. The van der Waals surface area contributed by atoms with E-state index in [1.165, 1.54) is 0 Å². The largest absolute Gasteiger partial charge is 0.378 e. The van der Waals surface area contributed by atoms with E-state index in [1.807, 2.05) is 27.7 Å². The lowest BCUT2D eigenvalue weighted by atomic mass is 9.64. The number of carbonyl (C=O) groups is 1. The Morgan fingerprint density at radius 2 is 2.00 bits per heavy atom. The highest BCUT2D eigenvalue weighted by Gasteiger charge is 2.49. The van der Waals surface area contributed by atoms with Crippen molar-refractivity contribution in [1.82, 2.24) is 10.6 Å². The molecule has 0 aromatic carbocycles. The van der Waals surface area contributed by atoms with Gasteiger partial charge in [0.1, 0.15) is 0 Å². The molecule has 1 aliphatic rings. The minimum absolute atomic E-state index is 0.0191. The fraction of sp³-hybridized carbons (Fsp3) is 0.923. The van der Waals surface area contributed by atoms with Gasteiger partial charge in [0.05, 0.1) is 6.10 Å². The lowest BCUT2D eigenvalue weighted by Crippen LogP contribution is -2.64. The summed E-state index contributed by atoms with van der Waals surface area (Å²) in [6.07, 6.45) is 1.16. The molecule has 0 radical (unpaired) electrons. The highest BCUT2D eigenvalue weighted by molar-refractivity contribution is 5.75. The van der Waals surface area contributed by atoms with Gasteiger partial charge in [0, 0.05) is 23.6 Å². The number of nitrogens with one attached hydrogen (secondary N) is 2. The van der Waals surface area contributed by atoms with Crippen molar-refractivity contribution >= 4 is 6.03 Å². The van der Waals surface area contributed by atoms with Gasteiger partial charge in [-0.2, -0.15) is 0 Å². The van der Waals surface area contributed by atoms with Crippen molar-refractivity contribution in [3.63, 3.8) is 0 Å². The van der Waals surface area contributed by atoms with Crippen LogP contribution in [0.1, 0.15) is 48.0 Å². The minimum Gasteiger partial charge on any atom is -0.378 e. The second-order valence-corrected chi connectivity index (χ2v) is 6.40. The minimum atomic E-state index is -0.197. The molecule has 2 atom stereocenters. The van der Waals surface area contributed by atoms with Gasteiger partial charge in [-0.1, -0.05) is 13.8 Å². The van der Waals surface area contributed by atoms with E-state index in [1.54, 1.807) is 0 Å². The molecule has 4 nitrogen and oxygen atoms in total. The van der Waals surface area contributed by atoms with Crippen molar-refractivity contribution in [3.05, 3.63) is 0 Å². The Kier molecular flexibility index (Phi) is 4.07. The molecule has 0 aromatic rings. The molecule has 2 N–H and O–H groups in total. The zero-order valence-corrected chi connectivity index (χ0v) is 11.9. The maximum atomic E-state index is 11.8. The van der Waals surface area contributed by atoms with Gasteiger partial charge in [-0.15, -0.1) is 0 Å². The molecule has 0 heterocycles. The molecule has 1 aliphatic carbocycles. The summed E-state index contributed by atoms with van der Waals surface area (Å²) in [4.78, 5) is 11.8. The SMILES string of the molecule is CCOC1CC(NC(=O)NC(C)(C)C)C1(C)C. The molecule has 0 saturated heterocycles. The Balaban J connectivity index is 2.42. The van der Waals surface area contributed by atoms with Crippen LogP contribution in [-0.4, -0.2) is 30.3 Å². The van der Waals surface area contributed by atoms with E-state index < -0.39 is 0 Å². The predicted molar refractivity (Wildman–Crippen MR) is 69.0 cm³/mol. The molecule has 4 heteroatoms. The third kappa shape index (κ3) is 3.60. The summed E-state index contributed by atoms with van der Waals surface area (Å²) in [7, 11) is 0. The Morgan fingerprint density at radius 3 is 2.41 bits per heavy atom. The van der Waals surface area contributed by atoms with Gasteiger partial charge in [-0.25, -0.2) is 4.79 Å². The van der Waals surface area contributed by atoms with E-state index in [0.29, 0.717) is 0 Å². The average Bonchev–Trinajstić information content (AvgIpc) is 2.13. The van der Waals surface area contributed by atoms with Crippen molar-refractivity contribution in [2.24, 2.45) is 5.41 Å². The van der Waals surface area contributed by atoms with Crippen molar-refractivity contribution in [1.29, 1.82) is 0 Å². The van der Waals surface area contributed by atoms with E-state index >= 15 is 0 Å². The molecular weight excluding hydrogens is 216 g/mol. The van der Waals surface area contributed by atoms with Crippen LogP contribution in [0.3, 0.4) is 0 Å². The van der Waals surface area contributed by atoms with Gasteiger partial charge in [-0.3, -0.25) is 0 Å². The zero-order valence-electron chi connectivity index (χ0n) is 11.9. The van der Waals surface area contributed by atoms with Crippen LogP contribution < -0.4 is 10.6 Å². The molecule has 17 heavy (non-hydrogen) atoms. The van der Waals surface area contributed by atoms with E-state index in [-0.39, 0.29) is 29.1 Å². The molecule has 0 spiro atoms. The van der Waals surface area contributed by atoms with Crippen molar-refractivity contribution in [3.8, 4) is 0 Å². The Hall–Kier alpha value is -0.770. The van der Waals surface area contributed by atoms with Gasteiger partial charge in [-0.05, 0) is 34.1 Å². The molecule has 0 aliphatic heterocycles. The molecule has 1 fully saturated rings. The van der Waals surface area contributed by atoms with Gasteiger partial charge in [0.25, 0.3) is 0 Å². The highest BCUT2D eigenvalue weighted by atomic mass is 16.5. The number of hydrogen-bond donors (Lipinski definition) is 2. The van der Waals surface area contributed by atoms with Crippen LogP contribution in [0, 0.1) is 5.41 Å². The fourth-order valence-electron chi connectivity index (χ4n) is 2.15. The Morgan fingerprint density at radius 1 is 1.41 bits per heavy atom.